The Morgan fingerprint density at radius 1 is 0.949 bits per heavy atom. The molecule has 0 radical (unpaired) electrons. The number of thioether (sulfide) groups is 1. The van der Waals surface area contributed by atoms with E-state index in [-0.39, 0.29) is 5.91 Å². The van der Waals surface area contributed by atoms with Crippen LogP contribution in [0.2, 0.25) is 5.02 Å². The van der Waals surface area contributed by atoms with Crippen LogP contribution in [0.4, 0.5) is 5.69 Å². The fraction of sp³-hybridized carbons (Fsp3) is 0.161. The third kappa shape index (κ3) is 5.90. The van der Waals surface area contributed by atoms with Gasteiger partial charge in [0.05, 0.1) is 29.8 Å². The van der Waals surface area contributed by atoms with Gasteiger partial charge in [-0.2, -0.15) is 0 Å². The lowest BCUT2D eigenvalue weighted by atomic mass is 10.1. The SMILES string of the molecule is CCN1C(=O)/C(=C\c2cc(Cl)c(OCc3ccc4ccccc4c3)c(OC)c2)SC1=Nc1ccc(OC)cc1. The largest absolute Gasteiger partial charge is 0.497 e. The number of nitrogens with zero attached hydrogens (tertiary/aromatic N) is 2. The molecular weight excluding hydrogens is 532 g/mol. The second-order valence-corrected chi connectivity index (χ2v) is 10.2. The van der Waals surface area contributed by atoms with Gasteiger partial charge in [-0.1, -0.05) is 48.0 Å². The van der Waals surface area contributed by atoms with E-state index in [1.54, 1.807) is 31.3 Å². The number of carbonyl (C=O) groups excluding carboxylic acids is 1. The summed E-state index contributed by atoms with van der Waals surface area (Å²) in [5.74, 6) is 1.58. The van der Waals surface area contributed by atoms with Gasteiger partial charge in [-0.25, -0.2) is 4.99 Å². The first-order valence-corrected chi connectivity index (χ1v) is 13.6. The summed E-state index contributed by atoms with van der Waals surface area (Å²) in [6.07, 6.45) is 1.80. The van der Waals surface area contributed by atoms with E-state index in [0.717, 1.165) is 28.0 Å². The maximum Gasteiger partial charge on any atom is 0.266 e. The second-order valence-electron chi connectivity index (χ2n) is 8.76. The van der Waals surface area contributed by atoms with E-state index in [1.165, 1.54) is 17.1 Å². The molecule has 0 atom stereocenters. The van der Waals surface area contributed by atoms with Crippen LogP contribution < -0.4 is 14.2 Å². The van der Waals surface area contributed by atoms with Crippen LogP contribution in [-0.4, -0.2) is 36.7 Å². The summed E-state index contributed by atoms with van der Waals surface area (Å²) in [5, 5.41) is 3.34. The molecule has 1 heterocycles. The van der Waals surface area contributed by atoms with Gasteiger partial charge >= 0.3 is 0 Å². The van der Waals surface area contributed by atoms with E-state index in [1.807, 2.05) is 55.5 Å². The minimum absolute atomic E-state index is 0.110. The summed E-state index contributed by atoms with van der Waals surface area (Å²) in [4.78, 5) is 20.0. The van der Waals surface area contributed by atoms with Gasteiger partial charge < -0.3 is 14.2 Å². The summed E-state index contributed by atoms with van der Waals surface area (Å²) in [6.45, 7) is 2.77. The van der Waals surface area contributed by atoms with Crippen molar-refractivity contribution in [1.82, 2.24) is 4.90 Å². The molecular formula is C31H27ClN2O4S. The molecule has 6 nitrogen and oxygen atoms in total. The van der Waals surface area contributed by atoms with Crippen LogP contribution in [0.15, 0.2) is 88.8 Å². The Labute approximate surface area is 236 Å². The Morgan fingerprint density at radius 2 is 1.72 bits per heavy atom. The van der Waals surface area contributed by atoms with Crippen molar-refractivity contribution >= 4 is 57.0 Å². The normalized spacial score (nSPS) is 15.4. The molecule has 1 amide bonds. The molecule has 1 fully saturated rings. The van der Waals surface area contributed by atoms with Crippen LogP contribution in [0.25, 0.3) is 16.8 Å². The Bertz CT molecular complexity index is 1580. The number of methoxy groups -OCH3 is 2. The maximum atomic E-state index is 13.1. The Hall–Kier alpha value is -3.94. The fourth-order valence-corrected chi connectivity index (χ4v) is 5.57. The van der Waals surface area contributed by atoms with Gasteiger partial charge in [-0.3, -0.25) is 9.69 Å². The van der Waals surface area contributed by atoms with Gasteiger partial charge in [-0.15, -0.1) is 0 Å². The molecule has 0 N–H and O–H groups in total. The first-order valence-electron chi connectivity index (χ1n) is 12.4. The molecule has 8 heteroatoms. The molecule has 0 spiro atoms. The van der Waals surface area contributed by atoms with Crippen LogP contribution in [0.1, 0.15) is 18.1 Å². The number of aliphatic imine (C=N–C) groups is 1. The number of likely N-dealkylation sites (N-methyl/N-ethyl adjacent to an activating group) is 1. The number of amidine groups is 1. The maximum absolute atomic E-state index is 13.1. The van der Waals surface area contributed by atoms with Crippen LogP contribution in [-0.2, 0) is 11.4 Å². The third-order valence-corrected chi connectivity index (χ3v) is 7.54. The number of benzene rings is 4. The average Bonchev–Trinajstić information content (AvgIpc) is 3.25. The summed E-state index contributed by atoms with van der Waals surface area (Å²) < 4.78 is 16.9. The van der Waals surface area contributed by atoms with Crippen molar-refractivity contribution in [3.05, 3.63) is 99.9 Å². The molecule has 0 bridgehead atoms. The minimum atomic E-state index is -0.110. The van der Waals surface area contributed by atoms with Gasteiger partial charge in [0.15, 0.2) is 16.7 Å². The zero-order valence-corrected chi connectivity index (χ0v) is 23.4. The molecule has 5 rings (SSSR count). The quantitative estimate of drug-likeness (QED) is 0.207. The highest BCUT2D eigenvalue weighted by molar-refractivity contribution is 8.18. The molecule has 0 aliphatic carbocycles. The average molecular weight is 559 g/mol. The number of ether oxygens (including phenoxy) is 3. The molecule has 1 aliphatic heterocycles. The minimum Gasteiger partial charge on any atom is -0.497 e. The Kier molecular flexibility index (Phi) is 8.10. The summed E-state index contributed by atoms with van der Waals surface area (Å²) in [7, 11) is 3.19. The summed E-state index contributed by atoms with van der Waals surface area (Å²) >= 11 is 7.97. The number of rotatable bonds is 8. The van der Waals surface area contributed by atoms with Crippen molar-refractivity contribution in [1.29, 1.82) is 0 Å². The second kappa shape index (κ2) is 11.8. The topological polar surface area (TPSA) is 60.4 Å². The molecule has 0 unspecified atom stereocenters. The number of hydrogen-bond acceptors (Lipinski definition) is 6. The highest BCUT2D eigenvalue weighted by atomic mass is 35.5. The van der Waals surface area contributed by atoms with Crippen LogP contribution in [0, 0.1) is 0 Å². The standard InChI is InChI=1S/C31H27ClN2O4S/c1-4-34-30(35)28(39-31(34)33-24-11-13-25(36-2)14-12-24)18-21-16-26(32)29(27(17-21)37-3)38-19-20-9-10-22-7-5-6-8-23(22)15-20/h5-18H,4,19H2,1-3H3/b28-18+,33-31?. The van der Waals surface area contributed by atoms with Crippen molar-refractivity contribution in [2.75, 3.05) is 20.8 Å². The lowest BCUT2D eigenvalue weighted by Gasteiger charge is -2.14. The van der Waals surface area contributed by atoms with Gasteiger partial charge in [0.1, 0.15) is 12.4 Å². The summed E-state index contributed by atoms with van der Waals surface area (Å²) in [6, 6.07) is 25.4. The highest BCUT2D eigenvalue weighted by Crippen LogP contribution is 2.40. The van der Waals surface area contributed by atoms with Crippen molar-refractivity contribution < 1.29 is 19.0 Å². The van der Waals surface area contributed by atoms with E-state index >= 15 is 0 Å². The molecule has 1 aliphatic rings. The number of amides is 1. The zero-order chi connectivity index (χ0) is 27.4. The van der Waals surface area contributed by atoms with E-state index < -0.39 is 0 Å². The van der Waals surface area contributed by atoms with Gasteiger partial charge in [0, 0.05) is 6.54 Å². The first kappa shape index (κ1) is 26.7. The number of halogens is 1. The third-order valence-electron chi connectivity index (χ3n) is 6.25. The van der Waals surface area contributed by atoms with Crippen molar-refractivity contribution in [3.63, 3.8) is 0 Å². The Morgan fingerprint density at radius 3 is 2.44 bits per heavy atom. The van der Waals surface area contributed by atoms with Crippen molar-refractivity contribution in [2.24, 2.45) is 4.99 Å². The van der Waals surface area contributed by atoms with Gasteiger partial charge in [-0.05, 0) is 89.1 Å². The highest BCUT2D eigenvalue weighted by Gasteiger charge is 2.32. The molecule has 4 aromatic carbocycles. The monoisotopic (exact) mass is 558 g/mol. The van der Waals surface area contributed by atoms with E-state index in [2.05, 4.69) is 29.3 Å². The number of carbonyl (C=O) groups is 1. The van der Waals surface area contributed by atoms with Gasteiger partial charge in [0.2, 0.25) is 0 Å². The zero-order valence-electron chi connectivity index (χ0n) is 21.8. The molecule has 0 saturated carbocycles. The fourth-order valence-electron chi connectivity index (χ4n) is 4.24. The molecule has 198 valence electrons. The molecule has 0 aromatic heterocycles. The lowest BCUT2D eigenvalue weighted by molar-refractivity contribution is -0.122. The van der Waals surface area contributed by atoms with E-state index in [4.69, 9.17) is 25.8 Å². The number of fused-ring (bicyclic) bond motifs is 1. The van der Waals surface area contributed by atoms with E-state index in [0.29, 0.717) is 39.7 Å². The smallest absolute Gasteiger partial charge is 0.266 e. The Balaban J connectivity index is 1.37. The first-order chi connectivity index (χ1) is 19.0. The van der Waals surface area contributed by atoms with Crippen LogP contribution in [0.5, 0.6) is 17.2 Å². The molecule has 1 saturated heterocycles. The predicted molar refractivity (Wildman–Crippen MR) is 159 cm³/mol. The molecule has 39 heavy (non-hydrogen) atoms. The molecule has 4 aromatic rings. The van der Waals surface area contributed by atoms with Crippen molar-refractivity contribution in [3.8, 4) is 17.2 Å². The van der Waals surface area contributed by atoms with Crippen LogP contribution >= 0.6 is 23.4 Å². The van der Waals surface area contributed by atoms with Crippen molar-refractivity contribution in [2.45, 2.75) is 13.5 Å². The van der Waals surface area contributed by atoms with Gasteiger partial charge in [0.25, 0.3) is 5.91 Å². The van der Waals surface area contributed by atoms with Crippen LogP contribution in [0.3, 0.4) is 0 Å². The predicted octanol–water partition coefficient (Wildman–Crippen LogP) is 7.71. The summed E-state index contributed by atoms with van der Waals surface area (Å²) in [5.41, 5.74) is 2.49. The number of hydrogen-bond donors (Lipinski definition) is 0. The van der Waals surface area contributed by atoms with E-state index in [9.17, 15) is 4.79 Å². The lowest BCUT2D eigenvalue weighted by Crippen LogP contribution is -2.28.